The summed E-state index contributed by atoms with van der Waals surface area (Å²) in [6.07, 6.45) is 4.53. The van der Waals surface area contributed by atoms with Crippen molar-refractivity contribution in [1.82, 2.24) is 14.8 Å². The number of aromatic nitrogens is 3. The molecule has 2 aromatic heterocycles. The Morgan fingerprint density at radius 2 is 2.04 bits per heavy atom. The van der Waals surface area contributed by atoms with Crippen molar-refractivity contribution < 1.29 is 14.3 Å². The van der Waals surface area contributed by atoms with E-state index in [1.165, 1.54) is 23.0 Å². The predicted molar refractivity (Wildman–Crippen MR) is 95.2 cm³/mol. The van der Waals surface area contributed by atoms with Crippen LogP contribution >= 0.6 is 0 Å². The van der Waals surface area contributed by atoms with Crippen LogP contribution in [0.2, 0.25) is 0 Å². The number of nitrogens with two attached hydrogens (primary N) is 1. The van der Waals surface area contributed by atoms with Crippen molar-refractivity contribution in [2.75, 3.05) is 11.9 Å². The van der Waals surface area contributed by atoms with Crippen LogP contribution in [-0.4, -0.2) is 33.2 Å². The van der Waals surface area contributed by atoms with Crippen LogP contribution in [0.25, 0.3) is 5.82 Å². The fourth-order valence-corrected chi connectivity index (χ4v) is 2.23. The van der Waals surface area contributed by atoms with Gasteiger partial charge in [0.25, 0.3) is 5.91 Å². The molecule has 9 heteroatoms. The number of carbonyl (C=O) groups excluding carboxylic acids is 2. The number of hydrogen-bond donors (Lipinski definition) is 2. The number of nitriles is 1. The topological polar surface area (TPSA) is 136 Å². The molecule has 0 saturated heterocycles. The maximum Gasteiger partial charge on any atom is 0.262 e. The van der Waals surface area contributed by atoms with Crippen LogP contribution in [0.3, 0.4) is 0 Å². The largest absolute Gasteiger partial charge is 0.484 e. The zero-order valence-electron chi connectivity index (χ0n) is 14.0. The summed E-state index contributed by atoms with van der Waals surface area (Å²) in [5.74, 6) is -0.136. The number of amides is 2. The first-order chi connectivity index (χ1) is 13.1. The Bertz CT molecular complexity index is 1020. The average Bonchev–Trinajstić information content (AvgIpc) is 3.14. The molecule has 0 radical (unpaired) electrons. The fraction of sp³-hybridized carbons (Fsp3) is 0.0556. The first kappa shape index (κ1) is 17.6. The summed E-state index contributed by atoms with van der Waals surface area (Å²) in [7, 11) is 0. The summed E-state index contributed by atoms with van der Waals surface area (Å²) in [4.78, 5) is 27.1. The van der Waals surface area contributed by atoms with E-state index >= 15 is 0 Å². The third-order valence-corrected chi connectivity index (χ3v) is 3.50. The van der Waals surface area contributed by atoms with Gasteiger partial charge in [0, 0.05) is 11.8 Å². The number of rotatable bonds is 6. The van der Waals surface area contributed by atoms with Gasteiger partial charge in [0.2, 0.25) is 5.91 Å². The molecule has 0 bridgehead atoms. The molecule has 3 aromatic rings. The van der Waals surface area contributed by atoms with Gasteiger partial charge in [-0.2, -0.15) is 10.4 Å². The highest BCUT2D eigenvalue weighted by Crippen LogP contribution is 2.14. The summed E-state index contributed by atoms with van der Waals surface area (Å²) in [5.41, 5.74) is 6.31. The van der Waals surface area contributed by atoms with E-state index in [4.69, 9.17) is 15.7 Å². The number of benzene rings is 1. The molecule has 0 saturated carbocycles. The highest BCUT2D eigenvalue weighted by Gasteiger charge is 2.10. The number of nitrogens with one attached hydrogen (secondary N) is 1. The second kappa shape index (κ2) is 7.79. The van der Waals surface area contributed by atoms with Gasteiger partial charge in [0.05, 0.1) is 23.6 Å². The summed E-state index contributed by atoms with van der Waals surface area (Å²) in [6, 6.07) is 11.4. The van der Waals surface area contributed by atoms with Gasteiger partial charge >= 0.3 is 0 Å². The Morgan fingerprint density at radius 3 is 2.74 bits per heavy atom. The van der Waals surface area contributed by atoms with Crippen molar-refractivity contribution in [3.8, 4) is 17.6 Å². The van der Waals surface area contributed by atoms with Crippen LogP contribution in [0.4, 0.5) is 5.69 Å². The number of pyridine rings is 1. The van der Waals surface area contributed by atoms with Gasteiger partial charge in [0.1, 0.15) is 11.8 Å². The molecule has 0 fully saturated rings. The summed E-state index contributed by atoms with van der Waals surface area (Å²) < 4.78 is 6.76. The predicted octanol–water partition coefficient (Wildman–Crippen LogP) is 1.26. The number of ether oxygens (including phenoxy) is 1. The van der Waals surface area contributed by atoms with Crippen LogP contribution < -0.4 is 15.8 Å². The summed E-state index contributed by atoms with van der Waals surface area (Å²) in [6.45, 7) is -0.228. The van der Waals surface area contributed by atoms with Crippen molar-refractivity contribution >= 4 is 17.5 Å². The van der Waals surface area contributed by atoms with Gasteiger partial charge in [-0.3, -0.25) is 9.59 Å². The fourth-order valence-electron chi connectivity index (χ4n) is 2.23. The summed E-state index contributed by atoms with van der Waals surface area (Å²) in [5, 5.41) is 15.8. The van der Waals surface area contributed by atoms with Crippen molar-refractivity contribution in [3.05, 3.63) is 66.1 Å². The van der Waals surface area contributed by atoms with Crippen LogP contribution in [0.15, 0.2) is 55.0 Å². The van der Waals surface area contributed by atoms with E-state index in [0.29, 0.717) is 28.4 Å². The average molecular weight is 362 g/mol. The smallest absolute Gasteiger partial charge is 0.262 e. The van der Waals surface area contributed by atoms with E-state index in [1.54, 1.807) is 36.7 Å². The Balaban J connectivity index is 1.59. The van der Waals surface area contributed by atoms with Gasteiger partial charge in [-0.15, -0.1) is 0 Å². The van der Waals surface area contributed by atoms with Crippen LogP contribution in [0.1, 0.15) is 15.9 Å². The number of carbonyl (C=O) groups is 2. The minimum Gasteiger partial charge on any atom is -0.484 e. The molecule has 3 N–H and O–H groups in total. The van der Waals surface area contributed by atoms with E-state index in [-0.39, 0.29) is 6.61 Å². The van der Waals surface area contributed by atoms with E-state index in [0.717, 1.165) is 0 Å². The quantitative estimate of drug-likeness (QED) is 0.677. The lowest BCUT2D eigenvalue weighted by Crippen LogP contribution is -2.20. The molecule has 0 spiro atoms. The van der Waals surface area contributed by atoms with Crippen molar-refractivity contribution in [1.29, 1.82) is 5.26 Å². The molecule has 27 heavy (non-hydrogen) atoms. The van der Waals surface area contributed by atoms with Crippen LogP contribution in [0.5, 0.6) is 5.75 Å². The summed E-state index contributed by atoms with van der Waals surface area (Å²) >= 11 is 0. The van der Waals surface area contributed by atoms with Crippen molar-refractivity contribution in [3.63, 3.8) is 0 Å². The molecule has 0 aliphatic carbocycles. The Kier molecular flexibility index (Phi) is 5.09. The van der Waals surface area contributed by atoms with Gasteiger partial charge in [0.15, 0.2) is 12.4 Å². The van der Waals surface area contributed by atoms with Crippen LogP contribution in [0, 0.1) is 11.3 Å². The number of primary amides is 1. The molecule has 0 atom stereocenters. The first-order valence-corrected chi connectivity index (χ1v) is 7.79. The number of nitrogens with zero attached hydrogens (tertiary/aromatic N) is 4. The highest BCUT2D eigenvalue weighted by molar-refractivity contribution is 5.93. The van der Waals surface area contributed by atoms with Crippen LogP contribution in [-0.2, 0) is 4.79 Å². The molecule has 2 amide bonds. The van der Waals surface area contributed by atoms with Gasteiger partial charge in [-0.05, 0) is 36.4 Å². The van der Waals surface area contributed by atoms with Gasteiger partial charge in [-0.25, -0.2) is 9.67 Å². The van der Waals surface area contributed by atoms with Gasteiger partial charge < -0.3 is 15.8 Å². The minimum atomic E-state index is -0.538. The molecule has 2 heterocycles. The lowest BCUT2D eigenvalue weighted by Gasteiger charge is -2.06. The molecule has 0 unspecified atom stereocenters. The normalized spacial score (nSPS) is 10.0. The molecule has 134 valence electrons. The zero-order chi connectivity index (χ0) is 19.2. The maximum atomic E-state index is 12.0. The van der Waals surface area contributed by atoms with Crippen molar-refractivity contribution in [2.45, 2.75) is 0 Å². The second-order valence-electron chi connectivity index (χ2n) is 5.39. The Hall–Kier alpha value is -4.19. The third kappa shape index (κ3) is 4.26. The Morgan fingerprint density at radius 1 is 1.26 bits per heavy atom. The van der Waals surface area contributed by atoms with E-state index in [1.807, 2.05) is 6.07 Å². The molecule has 0 aliphatic rings. The highest BCUT2D eigenvalue weighted by atomic mass is 16.5. The lowest BCUT2D eigenvalue weighted by atomic mass is 10.2. The maximum absolute atomic E-state index is 12.0. The van der Waals surface area contributed by atoms with E-state index < -0.39 is 11.8 Å². The van der Waals surface area contributed by atoms with E-state index in [2.05, 4.69) is 15.4 Å². The molecule has 1 aromatic carbocycles. The second-order valence-corrected chi connectivity index (χ2v) is 5.39. The number of anilines is 1. The zero-order valence-corrected chi connectivity index (χ0v) is 14.0. The molecule has 9 nitrogen and oxygen atoms in total. The molecular weight excluding hydrogens is 348 g/mol. The molecular formula is C18H14N6O3. The molecule has 0 aliphatic heterocycles. The lowest BCUT2D eigenvalue weighted by molar-refractivity contribution is -0.118. The standard InChI is InChI=1S/C18H14N6O3/c19-8-13-2-1-7-21-18(13)24-10-14(9-22-24)23-16(25)11-27-15-5-3-12(4-6-15)17(20)26/h1-7,9-10H,11H2,(H2,20,26)(H,23,25). The number of hydrogen-bond acceptors (Lipinski definition) is 6. The van der Waals surface area contributed by atoms with E-state index in [9.17, 15) is 9.59 Å². The Labute approximate surface area is 154 Å². The first-order valence-electron chi connectivity index (χ1n) is 7.79. The molecule has 3 rings (SSSR count). The SMILES string of the molecule is N#Cc1cccnc1-n1cc(NC(=O)COc2ccc(C(N)=O)cc2)cn1. The van der Waals surface area contributed by atoms with Gasteiger partial charge in [-0.1, -0.05) is 0 Å². The van der Waals surface area contributed by atoms with Crippen molar-refractivity contribution in [2.24, 2.45) is 5.73 Å². The minimum absolute atomic E-state index is 0.228. The third-order valence-electron chi connectivity index (χ3n) is 3.50. The monoisotopic (exact) mass is 362 g/mol.